The van der Waals surface area contributed by atoms with Crippen molar-refractivity contribution in [3.05, 3.63) is 36.4 Å². The van der Waals surface area contributed by atoms with Gasteiger partial charge >= 0.3 is 0 Å². The van der Waals surface area contributed by atoms with Gasteiger partial charge in [0.2, 0.25) is 0 Å². The average Bonchev–Trinajstić information content (AvgIpc) is 2.75. The van der Waals surface area contributed by atoms with E-state index in [0.717, 1.165) is 30.3 Å². The summed E-state index contributed by atoms with van der Waals surface area (Å²) in [6, 6.07) is 12.0. The molecular formula is C14H16N2O. The van der Waals surface area contributed by atoms with E-state index in [0.29, 0.717) is 5.75 Å². The van der Waals surface area contributed by atoms with Crippen LogP contribution in [-0.4, -0.2) is 24.2 Å². The van der Waals surface area contributed by atoms with Crippen LogP contribution in [0.25, 0.3) is 10.8 Å². The molecule has 0 aliphatic carbocycles. The molecule has 3 N–H and O–H groups in total. The smallest absolute Gasteiger partial charge is 0.116 e. The Labute approximate surface area is 100 Å². The number of hydrogen-bond donors (Lipinski definition) is 2. The van der Waals surface area contributed by atoms with Gasteiger partial charge in [-0.1, -0.05) is 18.2 Å². The molecular weight excluding hydrogens is 212 g/mol. The Hall–Kier alpha value is -1.74. The van der Waals surface area contributed by atoms with Crippen molar-refractivity contribution in [2.75, 3.05) is 18.0 Å². The van der Waals surface area contributed by atoms with Gasteiger partial charge in [-0.3, -0.25) is 0 Å². The number of fused-ring (bicyclic) bond motifs is 1. The largest absolute Gasteiger partial charge is 0.508 e. The highest BCUT2D eigenvalue weighted by molar-refractivity contribution is 5.95. The number of aromatic hydroxyl groups is 1. The fourth-order valence-electron chi connectivity index (χ4n) is 2.53. The van der Waals surface area contributed by atoms with Gasteiger partial charge in [0.25, 0.3) is 0 Å². The maximum absolute atomic E-state index is 9.61. The summed E-state index contributed by atoms with van der Waals surface area (Å²) in [6.07, 6.45) is 1.04. The first-order valence-electron chi connectivity index (χ1n) is 5.96. The molecule has 1 unspecified atom stereocenters. The highest BCUT2D eigenvalue weighted by atomic mass is 16.3. The zero-order valence-corrected chi connectivity index (χ0v) is 9.63. The first kappa shape index (κ1) is 10.4. The average molecular weight is 228 g/mol. The van der Waals surface area contributed by atoms with Crippen LogP contribution >= 0.6 is 0 Å². The topological polar surface area (TPSA) is 49.5 Å². The third-order valence-corrected chi connectivity index (χ3v) is 3.41. The first-order chi connectivity index (χ1) is 8.24. The lowest BCUT2D eigenvalue weighted by Gasteiger charge is -2.20. The normalized spacial score (nSPS) is 20.1. The SMILES string of the molecule is NC1CCN(c2cccc3ccc(O)cc23)C1. The van der Waals surface area contributed by atoms with Crippen molar-refractivity contribution in [1.29, 1.82) is 0 Å². The Bertz CT molecular complexity index is 553. The lowest BCUT2D eigenvalue weighted by molar-refractivity contribution is 0.476. The molecule has 1 heterocycles. The molecule has 1 atom stereocenters. The molecule has 1 fully saturated rings. The van der Waals surface area contributed by atoms with Crippen molar-refractivity contribution >= 4 is 16.5 Å². The minimum Gasteiger partial charge on any atom is -0.508 e. The van der Waals surface area contributed by atoms with Gasteiger partial charge in [-0.2, -0.15) is 0 Å². The summed E-state index contributed by atoms with van der Waals surface area (Å²) in [5, 5.41) is 11.9. The Morgan fingerprint density at radius 1 is 1.24 bits per heavy atom. The maximum Gasteiger partial charge on any atom is 0.116 e. The summed E-state index contributed by atoms with van der Waals surface area (Å²) < 4.78 is 0. The maximum atomic E-state index is 9.61. The van der Waals surface area contributed by atoms with Gasteiger partial charge in [0.05, 0.1) is 0 Å². The quantitative estimate of drug-likeness (QED) is 0.785. The molecule has 3 rings (SSSR count). The molecule has 0 spiro atoms. The van der Waals surface area contributed by atoms with Gasteiger partial charge in [0.15, 0.2) is 0 Å². The lowest BCUT2D eigenvalue weighted by atomic mass is 10.1. The highest BCUT2D eigenvalue weighted by Crippen LogP contribution is 2.31. The summed E-state index contributed by atoms with van der Waals surface area (Å²) in [5.74, 6) is 0.313. The van der Waals surface area contributed by atoms with E-state index in [1.165, 1.54) is 5.69 Å². The molecule has 0 saturated carbocycles. The van der Waals surface area contributed by atoms with Crippen molar-refractivity contribution in [2.45, 2.75) is 12.5 Å². The zero-order chi connectivity index (χ0) is 11.8. The molecule has 1 saturated heterocycles. The third kappa shape index (κ3) is 1.83. The van der Waals surface area contributed by atoms with Crippen LogP contribution in [0.15, 0.2) is 36.4 Å². The number of anilines is 1. The second-order valence-corrected chi connectivity index (χ2v) is 4.68. The van der Waals surface area contributed by atoms with E-state index in [4.69, 9.17) is 5.73 Å². The predicted molar refractivity (Wildman–Crippen MR) is 70.4 cm³/mol. The van der Waals surface area contributed by atoms with Gasteiger partial charge in [0, 0.05) is 30.2 Å². The van der Waals surface area contributed by atoms with E-state index in [1.54, 1.807) is 6.07 Å². The molecule has 2 aromatic carbocycles. The molecule has 0 bridgehead atoms. The van der Waals surface area contributed by atoms with E-state index in [-0.39, 0.29) is 6.04 Å². The first-order valence-corrected chi connectivity index (χ1v) is 5.96. The van der Waals surface area contributed by atoms with Gasteiger partial charge in [-0.05, 0) is 30.0 Å². The van der Waals surface area contributed by atoms with Crippen molar-refractivity contribution < 1.29 is 5.11 Å². The summed E-state index contributed by atoms with van der Waals surface area (Å²) in [7, 11) is 0. The molecule has 0 radical (unpaired) electrons. The standard InChI is InChI=1S/C14H16N2O/c15-11-6-7-16(9-11)14-3-1-2-10-4-5-12(17)8-13(10)14/h1-5,8,11,17H,6-7,9,15H2. The molecule has 17 heavy (non-hydrogen) atoms. The van der Waals surface area contributed by atoms with E-state index in [9.17, 15) is 5.11 Å². The number of hydrogen-bond acceptors (Lipinski definition) is 3. The van der Waals surface area contributed by atoms with E-state index in [1.807, 2.05) is 12.1 Å². The summed E-state index contributed by atoms with van der Waals surface area (Å²) in [6.45, 7) is 1.89. The van der Waals surface area contributed by atoms with E-state index < -0.39 is 0 Å². The number of rotatable bonds is 1. The molecule has 3 heteroatoms. The third-order valence-electron chi connectivity index (χ3n) is 3.41. The Morgan fingerprint density at radius 2 is 2.12 bits per heavy atom. The minimum absolute atomic E-state index is 0.266. The predicted octanol–water partition coefficient (Wildman–Crippen LogP) is 2.08. The molecule has 1 aliphatic rings. The van der Waals surface area contributed by atoms with Crippen molar-refractivity contribution in [1.82, 2.24) is 0 Å². The lowest BCUT2D eigenvalue weighted by Crippen LogP contribution is -2.26. The van der Waals surface area contributed by atoms with E-state index >= 15 is 0 Å². The summed E-state index contributed by atoms with van der Waals surface area (Å²) >= 11 is 0. The minimum atomic E-state index is 0.266. The Morgan fingerprint density at radius 3 is 2.88 bits per heavy atom. The van der Waals surface area contributed by atoms with Gasteiger partial charge in [-0.25, -0.2) is 0 Å². The van der Waals surface area contributed by atoms with Gasteiger partial charge in [-0.15, -0.1) is 0 Å². The number of phenols is 1. The molecule has 0 amide bonds. The van der Waals surface area contributed by atoms with Crippen LogP contribution in [0.2, 0.25) is 0 Å². The van der Waals surface area contributed by atoms with Crippen LogP contribution in [0.1, 0.15) is 6.42 Å². The Kier molecular flexibility index (Phi) is 2.41. The highest BCUT2D eigenvalue weighted by Gasteiger charge is 2.20. The molecule has 1 aliphatic heterocycles. The van der Waals surface area contributed by atoms with Crippen LogP contribution < -0.4 is 10.6 Å². The number of nitrogens with zero attached hydrogens (tertiary/aromatic N) is 1. The van der Waals surface area contributed by atoms with Crippen molar-refractivity contribution in [2.24, 2.45) is 5.73 Å². The van der Waals surface area contributed by atoms with Crippen molar-refractivity contribution in [3.8, 4) is 5.75 Å². The van der Waals surface area contributed by atoms with Crippen LogP contribution in [0.4, 0.5) is 5.69 Å². The van der Waals surface area contributed by atoms with Crippen molar-refractivity contribution in [3.63, 3.8) is 0 Å². The number of benzene rings is 2. The van der Waals surface area contributed by atoms with Gasteiger partial charge < -0.3 is 15.7 Å². The molecule has 88 valence electrons. The molecule has 0 aromatic heterocycles. The van der Waals surface area contributed by atoms with Gasteiger partial charge in [0.1, 0.15) is 5.75 Å². The fraction of sp³-hybridized carbons (Fsp3) is 0.286. The van der Waals surface area contributed by atoms with Crippen LogP contribution in [0.3, 0.4) is 0 Å². The Balaban J connectivity index is 2.12. The van der Waals surface area contributed by atoms with E-state index in [2.05, 4.69) is 23.1 Å². The zero-order valence-electron chi connectivity index (χ0n) is 9.63. The van der Waals surface area contributed by atoms with Crippen LogP contribution in [-0.2, 0) is 0 Å². The monoisotopic (exact) mass is 228 g/mol. The summed E-state index contributed by atoms with van der Waals surface area (Å²) in [5.41, 5.74) is 7.12. The van der Waals surface area contributed by atoms with Crippen LogP contribution in [0, 0.1) is 0 Å². The fourth-order valence-corrected chi connectivity index (χ4v) is 2.53. The number of phenolic OH excluding ortho intramolecular Hbond substituents is 1. The second-order valence-electron chi connectivity index (χ2n) is 4.68. The molecule has 2 aromatic rings. The summed E-state index contributed by atoms with van der Waals surface area (Å²) in [4.78, 5) is 2.30. The van der Waals surface area contributed by atoms with Crippen LogP contribution in [0.5, 0.6) is 5.75 Å². The number of nitrogens with two attached hydrogens (primary N) is 1. The second kappa shape index (κ2) is 3.93. The molecule has 3 nitrogen and oxygen atoms in total.